The smallest absolute Gasteiger partial charge is 0.337 e. The molecule has 6 nitrogen and oxygen atoms in total. The number of hydrogen-bond acceptors (Lipinski definition) is 6. The monoisotopic (exact) mass is 366 g/mol. The minimum Gasteiger partial charge on any atom is -0.465 e. The van der Waals surface area contributed by atoms with Crippen molar-refractivity contribution in [3.63, 3.8) is 0 Å². The molecule has 2 aliphatic rings. The topological polar surface area (TPSA) is 67.3 Å². The highest BCUT2D eigenvalue weighted by Crippen LogP contribution is 2.27. The van der Waals surface area contributed by atoms with Crippen LogP contribution >= 0.6 is 0 Å². The molecule has 0 saturated heterocycles. The highest BCUT2D eigenvalue weighted by Gasteiger charge is 2.21. The zero-order valence-corrected chi connectivity index (χ0v) is 16.0. The number of nitrogens with zero attached hydrogens (tertiary/aromatic N) is 3. The molecule has 1 aliphatic carbocycles. The van der Waals surface area contributed by atoms with Crippen LogP contribution in [0.1, 0.15) is 53.0 Å². The van der Waals surface area contributed by atoms with Gasteiger partial charge >= 0.3 is 5.97 Å². The van der Waals surface area contributed by atoms with Gasteiger partial charge in [-0.3, -0.25) is 0 Å². The lowest BCUT2D eigenvalue weighted by Gasteiger charge is -2.30. The van der Waals surface area contributed by atoms with Crippen LogP contribution in [0.3, 0.4) is 0 Å². The maximum absolute atomic E-state index is 11.7. The first-order valence-electron chi connectivity index (χ1n) is 9.69. The number of esters is 1. The molecule has 1 aromatic carbocycles. The van der Waals surface area contributed by atoms with Crippen LogP contribution in [0.15, 0.2) is 24.3 Å². The second kappa shape index (κ2) is 7.55. The van der Waals surface area contributed by atoms with E-state index in [9.17, 15) is 4.79 Å². The third kappa shape index (κ3) is 3.89. The fourth-order valence-corrected chi connectivity index (χ4v) is 4.06. The first kappa shape index (κ1) is 17.8. The van der Waals surface area contributed by atoms with E-state index >= 15 is 0 Å². The Kier molecular flexibility index (Phi) is 4.97. The number of fused-ring (bicyclic) bond motifs is 1. The number of nitrogens with one attached hydrogen (secondary N) is 1. The number of anilines is 2. The van der Waals surface area contributed by atoms with E-state index in [0.717, 1.165) is 37.0 Å². The van der Waals surface area contributed by atoms with Gasteiger partial charge in [0.15, 0.2) is 0 Å². The number of benzene rings is 1. The van der Waals surface area contributed by atoms with E-state index in [1.54, 1.807) is 0 Å². The maximum Gasteiger partial charge on any atom is 0.337 e. The Balaban J connectivity index is 1.53. The summed E-state index contributed by atoms with van der Waals surface area (Å²) in [7, 11) is 1.41. The average Bonchev–Trinajstić information content (AvgIpc) is 3.19. The van der Waals surface area contributed by atoms with Gasteiger partial charge in [0.1, 0.15) is 17.5 Å². The van der Waals surface area contributed by atoms with Gasteiger partial charge in [-0.25, -0.2) is 14.8 Å². The molecule has 1 fully saturated rings. The van der Waals surface area contributed by atoms with Crippen LogP contribution < -0.4 is 10.2 Å². The molecule has 0 unspecified atom stereocenters. The largest absolute Gasteiger partial charge is 0.465 e. The second-order valence-corrected chi connectivity index (χ2v) is 7.43. The standard InChI is InChI=1S/C21H26N4O2/c1-14-22-19(24-18-5-3-4-6-18)12-20(23-14)25-10-9-15-11-16(21(26)27-2)7-8-17(15)13-25/h7-8,11-12,18H,3-6,9-10,13H2,1-2H3,(H,22,23,24). The first-order chi connectivity index (χ1) is 13.1. The number of rotatable bonds is 4. The number of carbonyl (C=O) groups excluding carboxylic acids is 1. The lowest BCUT2D eigenvalue weighted by atomic mass is 9.97. The summed E-state index contributed by atoms with van der Waals surface area (Å²) in [6.07, 6.45) is 5.92. The summed E-state index contributed by atoms with van der Waals surface area (Å²) in [6.45, 7) is 3.61. The van der Waals surface area contributed by atoms with Crippen LogP contribution in [0, 0.1) is 6.92 Å². The Bertz CT molecular complexity index is 846. The number of aromatic nitrogens is 2. The van der Waals surface area contributed by atoms with Gasteiger partial charge in [0.2, 0.25) is 0 Å². The molecule has 142 valence electrons. The van der Waals surface area contributed by atoms with Crippen LogP contribution in [-0.2, 0) is 17.7 Å². The van der Waals surface area contributed by atoms with Crippen molar-refractivity contribution >= 4 is 17.6 Å². The second-order valence-electron chi connectivity index (χ2n) is 7.43. The molecule has 0 spiro atoms. The van der Waals surface area contributed by atoms with Crippen molar-refractivity contribution < 1.29 is 9.53 Å². The van der Waals surface area contributed by atoms with Crippen molar-refractivity contribution in [1.82, 2.24) is 9.97 Å². The van der Waals surface area contributed by atoms with Crippen molar-refractivity contribution in [3.8, 4) is 0 Å². The summed E-state index contributed by atoms with van der Waals surface area (Å²) in [5, 5.41) is 3.58. The Labute approximate surface area is 160 Å². The van der Waals surface area contributed by atoms with Crippen molar-refractivity contribution in [2.24, 2.45) is 0 Å². The fourth-order valence-electron chi connectivity index (χ4n) is 4.06. The number of ether oxygens (including phenoxy) is 1. The summed E-state index contributed by atoms with van der Waals surface area (Å²) in [5.74, 6) is 2.40. The Morgan fingerprint density at radius 1 is 1.19 bits per heavy atom. The van der Waals surface area contributed by atoms with Gasteiger partial charge in [0.05, 0.1) is 12.7 Å². The SMILES string of the molecule is COC(=O)c1ccc2c(c1)CCN(c1cc(NC3CCCC3)nc(C)n1)C2. The molecule has 6 heteroatoms. The van der Waals surface area contributed by atoms with E-state index in [0.29, 0.717) is 11.6 Å². The van der Waals surface area contributed by atoms with Gasteiger partial charge in [-0.15, -0.1) is 0 Å². The molecule has 1 N–H and O–H groups in total. The molecule has 27 heavy (non-hydrogen) atoms. The number of carbonyl (C=O) groups is 1. The van der Waals surface area contributed by atoms with Crippen LogP contribution in [-0.4, -0.2) is 35.6 Å². The summed E-state index contributed by atoms with van der Waals surface area (Å²) >= 11 is 0. The predicted octanol–water partition coefficient (Wildman–Crippen LogP) is 3.49. The quantitative estimate of drug-likeness (QED) is 0.836. The molecular weight excluding hydrogens is 340 g/mol. The van der Waals surface area contributed by atoms with Crippen LogP contribution in [0.4, 0.5) is 11.6 Å². The average molecular weight is 366 g/mol. The first-order valence-corrected chi connectivity index (χ1v) is 9.69. The van der Waals surface area contributed by atoms with E-state index in [1.165, 1.54) is 43.9 Å². The summed E-state index contributed by atoms with van der Waals surface area (Å²) in [5.41, 5.74) is 3.06. The molecule has 0 radical (unpaired) electrons. The van der Waals surface area contributed by atoms with E-state index in [-0.39, 0.29) is 5.97 Å². The molecule has 2 aromatic rings. The molecule has 0 atom stereocenters. The van der Waals surface area contributed by atoms with Crippen LogP contribution in [0.25, 0.3) is 0 Å². The van der Waals surface area contributed by atoms with Gasteiger partial charge in [-0.1, -0.05) is 18.9 Å². The highest BCUT2D eigenvalue weighted by molar-refractivity contribution is 5.89. The van der Waals surface area contributed by atoms with Crippen LogP contribution in [0.5, 0.6) is 0 Å². The predicted molar refractivity (Wildman–Crippen MR) is 105 cm³/mol. The van der Waals surface area contributed by atoms with Crippen LogP contribution in [0.2, 0.25) is 0 Å². The van der Waals surface area contributed by atoms with E-state index in [1.807, 2.05) is 25.1 Å². The molecule has 1 aromatic heterocycles. The van der Waals surface area contributed by atoms with Crippen molar-refractivity contribution in [1.29, 1.82) is 0 Å². The Hall–Kier alpha value is -2.63. The van der Waals surface area contributed by atoms with E-state index < -0.39 is 0 Å². The van der Waals surface area contributed by atoms with Gasteiger partial charge < -0.3 is 15.0 Å². The highest BCUT2D eigenvalue weighted by atomic mass is 16.5. The summed E-state index contributed by atoms with van der Waals surface area (Å²) in [6, 6.07) is 8.42. The van der Waals surface area contributed by atoms with Crippen molar-refractivity contribution in [3.05, 3.63) is 46.8 Å². The third-order valence-corrected chi connectivity index (χ3v) is 5.50. The molecule has 1 saturated carbocycles. The van der Waals surface area contributed by atoms with E-state index in [2.05, 4.69) is 26.3 Å². The number of methoxy groups -OCH3 is 1. The number of hydrogen-bond donors (Lipinski definition) is 1. The Morgan fingerprint density at radius 3 is 2.78 bits per heavy atom. The zero-order valence-electron chi connectivity index (χ0n) is 16.0. The van der Waals surface area contributed by atoms with Gasteiger partial charge in [-0.2, -0.15) is 0 Å². The minimum atomic E-state index is -0.283. The molecule has 0 bridgehead atoms. The summed E-state index contributed by atoms with van der Waals surface area (Å²) in [4.78, 5) is 23.3. The maximum atomic E-state index is 11.7. The lowest BCUT2D eigenvalue weighted by Crippen LogP contribution is -2.31. The molecule has 4 rings (SSSR count). The summed E-state index contributed by atoms with van der Waals surface area (Å²) < 4.78 is 4.83. The minimum absolute atomic E-state index is 0.283. The molecular formula is C21H26N4O2. The van der Waals surface area contributed by atoms with Gasteiger partial charge in [-0.05, 0) is 49.4 Å². The fraction of sp³-hybridized carbons (Fsp3) is 0.476. The normalized spacial score (nSPS) is 16.9. The molecule has 0 amide bonds. The lowest BCUT2D eigenvalue weighted by molar-refractivity contribution is 0.0600. The van der Waals surface area contributed by atoms with Gasteiger partial charge in [0, 0.05) is 25.2 Å². The third-order valence-electron chi connectivity index (χ3n) is 5.50. The van der Waals surface area contributed by atoms with E-state index in [4.69, 9.17) is 4.74 Å². The molecule has 2 heterocycles. The zero-order chi connectivity index (χ0) is 18.8. The number of aryl methyl sites for hydroxylation is 1. The van der Waals surface area contributed by atoms with Gasteiger partial charge in [0.25, 0.3) is 0 Å². The Morgan fingerprint density at radius 2 is 2.00 bits per heavy atom. The van der Waals surface area contributed by atoms with Crippen molar-refractivity contribution in [2.75, 3.05) is 23.9 Å². The van der Waals surface area contributed by atoms with Crippen molar-refractivity contribution in [2.45, 2.75) is 51.6 Å². The molecule has 1 aliphatic heterocycles.